The average Bonchev–Trinajstić information content (AvgIpc) is 2.93. The lowest BCUT2D eigenvalue weighted by Gasteiger charge is -2.19. The Labute approximate surface area is 149 Å². The summed E-state index contributed by atoms with van der Waals surface area (Å²) in [5, 5.41) is 16.0. The highest BCUT2D eigenvalue weighted by atomic mass is 79.9. The van der Waals surface area contributed by atoms with Gasteiger partial charge in [-0.05, 0) is 44.5 Å². The maximum Gasteiger partial charge on any atom is 0.407 e. The average molecular weight is 391 g/mol. The molecule has 6 nitrogen and oxygen atoms in total. The first kappa shape index (κ1) is 18.0. The number of nitrogens with zero attached hydrogens (tertiary/aromatic N) is 3. The van der Waals surface area contributed by atoms with Crippen LogP contribution in [0.5, 0.6) is 0 Å². The summed E-state index contributed by atoms with van der Waals surface area (Å²) in [6.07, 6.45) is 3.16. The van der Waals surface area contributed by atoms with Gasteiger partial charge in [0.2, 0.25) is 0 Å². The van der Waals surface area contributed by atoms with Crippen molar-refractivity contribution in [3.63, 3.8) is 0 Å². The lowest BCUT2D eigenvalue weighted by Crippen LogP contribution is -2.34. The van der Waals surface area contributed by atoms with Gasteiger partial charge >= 0.3 is 6.09 Å². The normalized spacial score (nSPS) is 11.0. The highest BCUT2D eigenvalue weighted by molar-refractivity contribution is 9.10. The quantitative estimate of drug-likeness (QED) is 0.862. The van der Waals surface area contributed by atoms with E-state index in [1.54, 1.807) is 16.9 Å². The Morgan fingerprint density at radius 2 is 2.12 bits per heavy atom. The maximum absolute atomic E-state index is 11.6. The number of halogens is 1. The number of hydrogen-bond acceptors (Lipinski definition) is 4. The molecule has 2 rings (SSSR count). The fraction of sp³-hybridized carbons (Fsp3) is 0.353. The predicted molar refractivity (Wildman–Crippen MR) is 94.3 cm³/mol. The molecule has 1 heterocycles. The van der Waals surface area contributed by atoms with Crippen molar-refractivity contribution in [1.29, 1.82) is 5.26 Å². The smallest absolute Gasteiger partial charge is 0.407 e. The zero-order valence-electron chi connectivity index (χ0n) is 13.8. The van der Waals surface area contributed by atoms with Crippen LogP contribution in [0.1, 0.15) is 26.3 Å². The van der Waals surface area contributed by atoms with Crippen LogP contribution in [0.15, 0.2) is 35.1 Å². The van der Waals surface area contributed by atoms with Crippen LogP contribution in [0.3, 0.4) is 0 Å². The van der Waals surface area contributed by atoms with Crippen LogP contribution in [0.2, 0.25) is 0 Å². The van der Waals surface area contributed by atoms with Crippen molar-refractivity contribution < 1.29 is 9.53 Å². The van der Waals surface area contributed by atoms with Gasteiger partial charge in [-0.3, -0.25) is 4.68 Å². The van der Waals surface area contributed by atoms with Gasteiger partial charge in [0.1, 0.15) is 5.60 Å². The number of hydrogen-bond donors (Lipinski definition) is 1. The summed E-state index contributed by atoms with van der Waals surface area (Å²) in [4.78, 5) is 11.6. The highest BCUT2D eigenvalue weighted by Gasteiger charge is 2.15. The molecule has 0 saturated heterocycles. The third-order valence-electron chi connectivity index (χ3n) is 3.00. The third kappa shape index (κ3) is 5.39. The Morgan fingerprint density at radius 3 is 2.79 bits per heavy atom. The zero-order valence-corrected chi connectivity index (χ0v) is 15.4. The topological polar surface area (TPSA) is 79.9 Å². The number of nitriles is 1. The van der Waals surface area contributed by atoms with Gasteiger partial charge < -0.3 is 10.1 Å². The molecule has 0 radical (unpaired) electrons. The molecule has 0 spiro atoms. The van der Waals surface area contributed by atoms with E-state index in [1.165, 1.54) is 0 Å². The van der Waals surface area contributed by atoms with Gasteiger partial charge in [-0.2, -0.15) is 10.4 Å². The van der Waals surface area contributed by atoms with E-state index in [-0.39, 0.29) is 0 Å². The molecule has 7 heteroatoms. The summed E-state index contributed by atoms with van der Waals surface area (Å²) in [7, 11) is 0. The van der Waals surface area contributed by atoms with E-state index >= 15 is 0 Å². The van der Waals surface area contributed by atoms with Crippen molar-refractivity contribution in [1.82, 2.24) is 15.1 Å². The van der Waals surface area contributed by atoms with Crippen molar-refractivity contribution in [2.45, 2.75) is 32.9 Å². The lowest BCUT2D eigenvalue weighted by atomic mass is 10.1. The van der Waals surface area contributed by atoms with Crippen molar-refractivity contribution in [2.75, 3.05) is 6.54 Å². The Balaban J connectivity index is 1.96. The van der Waals surface area contributed by atoms with Gasteiger partial charge in [-0.25, -0.2) is 4.79 Å². The minimum absolute atomic E-state index is 0.415. The molecular weight excluding hydrogens is 372 g/mol. The monoisotopic (exact) mass is 390 g/mol. The van der Waals surface area contributed by atoms with Crippen molar-refractivity contribution in [3.05, 3.63) is 40.6 Å². The van der Waals surface area contributed by atoms with Gasteiger partial charge in [0, 0.05) is 22.8 Å². The number of amides is 1. The first-order valence-electron chi connectivity index (χ1n) is 7.47. The highest BCUT2D eigenvalue weighted by Crippen LogP contribution is 2.24. The van der Waals surface area contributed by atoms with Crippen LogP contribution in [0.25, 0.3) is 11.1 Å². The lowest BCUT2D eigenvalue weighted by molar-refractivity contribution is 0.0525. The molecule has 2 aromatic rings. The molecule has 0 saturated carbocycles. The predicted octanol–water partition coefficient (Wildman–Crippen LogP) is 3.71. The minimum Gasteiger partial charge on any atom is -0.444 e. The first-order chi connectivity index (χ1) is 11.3. The molecule has 0 aliphatic carbocycles. The molecule has 0 fully saturated rings. The molecule has 24 heavy (non-hydrogen) atoms. The second kappa shape index (κ2) is 7.49. The second-order valence-electron chi connectivity index (χ2n) is 6.26. The summed E-state index contributed by atoms with van der Waals surface area (Å²) in [5.41, 5.74) is 1.89. The summed E-state index contributed by atoms with van der Waals surface area (Å²) in [6, 6.07) is 7.64. The van der Waals surface area contributed by atoms with E-state index in [0.29, 0.717) is 18.7 Å². The first-order valence-corrected chi connectivity index (χ1v) is 8.26. The number of benzene rings is 1. The number of aromatic nitrogens is 2. The maximum atomic E-state index is 11.6. The van der Waals surface area contributed by atoms with E-state index in [2.05, 4.69) is 32.4 Å². The van der Waals surface area contributed by atoms with Crippen molar-refractivity contribution >= 4 is 22.0 Å². The van der Waals surface area contributed by atoms with Gasteiger partial charge in [0.15, 0.2) is 0 Å². The molecule has 0 bridgehead atoms. The van der Waals surface area contributed by atoms with E-state index in [1.807, 2.05) is 39.1 Å². The molecule has 1 aromatic carbocycles. The molecule has 0 aliphatic rings. The summed E-state index contributed by atoms with van der Waals surface area (Å²) >= 11 is 3.40. The van der Waals surface area contributed by atoms with Crippen LogP contribution in [-0.2, 0) is 11.3 Å². The van der Waals surface area contributed by atoms with Crippen LogP contribution < -0.4 is 5.32 Å². The third-order valence-corrected chi connectivity index (χ3v) is 3.46. The van der Waals surface area contributed by atoms with Gasteiger partial charge in [0.05, 0.1) is 24.4 Å². The summed E-state index contributed by atoms with van der Waals surface area (Å²) in [6.45, 7) is 6.40. The van der Waals surface area contributed by atoms with E-state index in [9.17, 15) is 4.79 Å². The largest absolute Gasteiger partial charge is 0.444 e. The molecule has 1 aromatic heterocycles. The summed E-state index contributed by atoms with van der Waals surface area (Å²) < 4.78 is 7.75. The molecule has 1 N–H and O–H groups in total. The number of nitrogens with one attached hydrogen (secondary N) is 1. The van der Waals surface area contributed by atoms with Crippen LogP contribution in [0.4, 0.5) is 4.79 Å². The van der Waals surface area contributed by atoms with Crippen LogP contribution in [0, 0.1) is 11.3 Å². The molecule has 126 valence electrons. The standard InChI is InChI=1S/C17H19BrN4O2/c1-17(2,3)24-16(23)20-4-5-22-11-14(10-21-22)13-6-12(9-19)7-15(18)8-13/h6-8,10-11H,4-5H2,1-3H3,(H,20,23). The van der Waals surface area contributed by atoms with Crippen LogP contribution >= 0.6 is 15.9 Å². The number of carbonyl (C=O) groups is 1. The molecule has 1 amide bonds. The Bertz CT molecular complexity index is 772. The van der Waals surface area contributed by atoms with Gasteiger partial charge in [-0.15, -0.1) is 0 Å². The van der Waals surface area contributed by atoms with Gasteiger partial charge in [0.25, 0.3) is 0 Å². The second-order valence-corrected chi connectivity index (χ2v) is 7.18. The Kier molecular flexibility index (Phi) is 5.62. The van der Waals surface area contributed by atoms with Crippen molar-refractivity contribution in [2.24, 2.45) is 0 Å². The van der Waals surface area contributed by atoms with E-state index < -0.39 is 11.7 Å². The molecule has 0 aliphatic heterocycles. The molecular formula is C17H19BrN4O2. The number of alkyl carbamates (subject to hydrolysis) is 1. The number of ether oxygens (including phenoxy) is 1. The Hall–Kier alpha value is -2.33. The minimum atomic E-state index is -0.512. The van der Waals surface area contributed by atoms with Gasteiger partial charge in [-0.1, -0.05) is 15.9 Å². The van der Waals surface area contributed by atoms with Crippen molar-refractivity contribution in [3.8, 4) is 17.2 Å². The number of rotatable bonds is 4. The molecule has 0 unspecified atom stereocenters. The summed E-state index contributed by atoms with van der Waals surface area (Å²) in [5.74, 6) is 0. The molecule has 0 atom stereocenters. The SMILES string of the molecule is CC(C)(C)OC(=O)NCCn1cc(-c2cc(Br)cc(C#N)c2)cn1. The fourth-order valence-electron chi connectivity index (χ4n) is 2.04. The van der Waals surface area contributed by atoms with E-state index in [4.69, 9.17) is 10.00 Å². The van der Waals surface area contributed by atoms with Crippen LogP contribution in [-0.4, -0.2) is 28.0 Å². The fourth-order valence-corrected chi connectivity index (χ4v) is 2.54. The van der Waals surface area contributed by atoms with E-state index in [0.717, 1.165) is 15.6 Å². The zero-order chi connectivity index (χ0) is 17.7. The number of carbonyl (C=O) groups excluding carboxylic acids is 1. The Morgan fingerprint density at radius 1 is 1.38 bits per heavy atom.